The van der Waals surface area contributed by atoms with Gasteiger partial charge in [0.1, 0.15) is 33.6 Å². The molecule has 158 valence electrons. The van der Waals surface area contributed by atoms with Crippen LogP contribution in [0.15, 0.2) is 48.8 Å². The average molecular weight is 436 g/mol. The average Bonchev–Trinajstić information content (AvgIpc) is 3.44. The maximum absolute atomic E-state index is 12.6. The number of hydrogen-bond acceptors (Lipinski definition) is 8. The molecule has 0 atom stereocenters. The van der Waals surface area contributed by atoms with Gasteiger partial charge in [-0.2, -0.15) is 0 Å². The fourth-order valence-electron chi connectivity index (χ4n) is 3.02. The smallest absolute Gasteiger partial charge is 0.350 e. The number of thiazole rings is 1. The number of pyridine rings is 1. The van der Waals surface area contributed by atoms with Crippen molar-refractivity contribution in [2.45, 2.75) is 26.9 Å². The van der Waals surface area contributed by atoms with Crippen LogP contribution in [0.3, 0.4) is 0 Å². The van der Waals surface area contributed by atoms with E-state index in [1.807, 2.05) is 43.3 Å². The predicted octanol–water partition coefficient (Wildman–Crippen LogP) is 4.02. The lowest BCUT2D eigenvalue weighted by Gasteiger charge is -2.06. The molecule has 0 aliphatic heterocycles. The molecule has 0 unspecified atom stereocenters. The van der Waals surface area contributed by atoms with Gasteiger partial charge in [-0.25, -0.2) is 14.5 Å². The predicted molar refractivity (Wildman–Crippen MR) is 116 cm³/mol. The molecule has 0 saturated carbocycles. The minimum atomic E-state index is -0.433. The van der Waals surface area contributed by atoms with Crippen LogP contribution in [0, 0.1) is 6.92 Å². The molecule has 31 heavy (non-hydrogen) atoms. The fourth-order valence-corrected chi connectivity index (χ4v) is 3.98. The summed E-state index contributed by atoms with van der Waals surface area (Å²) in [6, 6.07) is 11.4. The van der Waals surface area contributed by atoms with Crippen molar-refractivity contribution in [2.24, 2.45) is 0 Å². The van der Waals surface area contributed by atoms with Crippen LogP contribution in [0.5, 0.6) is 5.75 Å². The molecule has 0 amide bonds. The Morgan fingerprint density at radius 3 is 2.84 bits per heavy atom. The van der Waals surface area contributed by atoms with Crippen molar-refractivity contribution < 1.29 is 14.3 Å². The summed E-state index contributed by atoms with van der Waals surface area (Å²) in [7, 11) is 1.60. The van der Waals surface area contributed by atoms with Gasteiger partial charge in [-0.05, 0) is 37.6 Å². The monoisotopic (exact) mass is 435 g/mol. The summed E-state index contributed by atoms with van der Waals surface area (Å²) in [5, 5.41) is 8.96. The van der Waals surface area contributed by atoms with Crippen LogP contribution in [0.2, 0.25) is 0 Å². The van der Waals surface area contributed by atoms with Gasteiger partial charge in [0.05, 0.1) is 19.0 Å². The van der Waals surface area contributed by atoms with E-state index in [2.05, 4.69) is 20.3 Å². The lowest BCUT2D eigenvalue weighted by Crippen LogP contribution is -2.05. The molecule has 0 radical (unpaired) electrons. The summed E-state index contributed by atoms with van der Waals surface area (Å²) >= 11 is 1.31. The number of carbonyl (C=O) groups is 1. The van der Waals surface area contributed by atoms with E-state index >= 15 is 0 Å². The number of aromatic nitrogens is 5. The lowest BCUT2D eigenvalue weighted by atomic mass is 10.2. The van der Waals surface area contributed by atoms with Gasteiger partial charge in [0.2, 0.25) is 0 Å². The Kier molecular flexibility index (Phi) is 6.03. The van der Waals surface area contributed by atoms with Crippen molar-refractivity contribution in [2.75, 3.05) is 7.11 Å². The van der Waals surface area contributed by atoms with Gasteiger partial charge in [0.25, 0.3) is 0 Å². The first-order valence-corrected chi connectivity index (χ1v) is 10.5. The zero-order chi connectivity index (χ0) is 21.8. The largest absolute Gasteiger partial charge is 0.494 e. The van der Waals surface area contributed by atoms with Crippen LogP contribution < -0.4 is 4.74 Å². The number of ether oxygens (including phenoxy) is 2. The number of rotatable bonds is 7. The highest BCUT2D eigenvalue weighted by Crippen LogP contribution is 2.29. The molecule has 0 saturated heterocycles. The van der Waals surface area contributed by atoms with Gasteiger partial charge < -0.3 is 9.47 Å². The molecule has 8 nitrogen and oxygen atoms in total. The van der Waals surface area contributed by atoms with Gasteiger partial charge >= 0.3 is 5.97 Å². The molecular formula is C22H21N5O3S. The first-order chi connectivity index (χ1) is 15.1. The SMILES string of the molecule is CCc1cc(-c2nc(C)c(C(=O)OCc3cn(-c4ccccc4OC)nn3)s2)ccn1. The number of para-hydroxylation sites is 2. The summed E-state index contributed by atoms with van der Waals surface area (Å²) in [6.45, 7) is 3.86. The van der Waals surface area contributed by atoms with Crippen LogP contribution in [-0.4, -0.2) is 38.0 Å². The molecule has 1 aromatic carbocycles. The molecule has 0 aliphatic carbocycles. The number of hydrogen-bond donors (Lipinski definition) is 0. The van der Waals surface area contributed by atoms with Crippen LogP contribution in [-0.2, 0) is 17.8 Å². The summed E-state index contributed by atoms with van der Waals surface area (Å²) < 4.78 is 12.4. The quantitative estimate of drug-likeness (QED) is 0.405. The maximum atomic E-state index is 12.6. The molecule has 0 N–H and O–H groups in total. The van der Waals surface area contributed by atoms with Crippen LogP contribution in [0.4, 0.5) is 0 Å². The maximum Gasteiger partial charge on any atom is 0.350 e. The van der Waals surface area contributed by atoms with Gasteiger partial charge in [-0.1, -0.05) is 24.3 Å². The number of methoxy groups -OCH3 is 1. The molecule has 0 bridgehead atoms. The van der Waals surface area contributed by atoms with Gasteiger partial charge in [-0.3, -0.25) is 4.98 Å². The highest BCUT2D eigenvalue weighted by atomic mass is 32.1. The minimum absolute atomic E-state index is 0.00982. The molecule has 0 aliphatic rings. The Bertz CT molecular complexity index is 1220. The Hall–Kier alpha value is -3.59. The zero-order valence-electron chi connectivity index (χ0n) is 17.4. The second-order valence-corrected chi connectivity index (χ2v) is 7.72. The summed E-state index contributed by atoms with van der Waals surface area (Å²) in [5.74, 6) is 0.240. The minimum Gasteiger partial charge on any atom is -0.494 e. The highest BCUT2D eigenvalue weighted by Gasteiger charge is 2.19. The first kappa shape index (κ1) is 20.7. The Labute approximate surface area is 183 Å². The summed E-state index contributed by atoms with van der Waals surface area (Å²) in [5.41, 5.74) is 3.84. The van der Waals surface area contributed by atoms with Crippen LogP contribution >= 0.6 is 11.3 Å². The highest BCUT2D eigenvalue weighted by molar-refractivity contribution is 7.17. The van der Waals surface area contributed by atoms with Crippen LogP contribution in [0.25, 0.3) is 16.3 Å². The Morgan fingerprint density at radius 1 is 1.19 bits per heavy atom. The van der Waals surface area contributed by atoms with E-state index in [4.69, 9.17) is 9.47 Å². The summed E-state index contributed by atoms with van der Waals surface area (Å²) in [6.07, 6.45) is 4.30. The van der Waals surface area contributed by atoms with Crippen LogP contribution in [0.1, 0.15) is 33.7 Å². The molecule has 0 fully saturated rings. The lowest BCUT2D eigenvalue weighted by molar-refractivity contribution is 0.0472. The molecule has 4 aromatic rings. The zero-order valence-corrected chi connectivity index (χ0v) is 18.2. The van der Waals surface area contributed by atoms with Crippen molar-refractivity contribution >= 4 is 17.3 Å². The fraction of sp³-hybridized carbons (Fsp3) is 0.227. The van der Waals surface area contributed by atoms with E-state index in [1.54, 1.807) is 31.1 Å². The molecule has 3 heterocycles. The van der Waals surface area contributed by atoms with Gasteiger partial charge in [-0.15, -0.1) is 16.4 Å². The van der Waals surface area contributed by atoms with Crippen molar-refractivity contribution in [3.63, 3.8) is 0 Å². The third kappa shape index (κ3) is 4.46. The second-order valence-electron chi connectivity index (χ2n) is 6.73. The molecule has 3 aromatic heterocycles. The number of aryl methyl sites for hydroxylation is 2. The van der Waals surface area contributed by atoms with E-state index in [0.29, 0.717) is 22.0 Å². The Balaban J connectivity index is 1.46. The van der Waals surface area contributed by atoms with Gasteiger partial charge in [0, 0.05) is 17.5 Å². The number of esters is 1. The van der Waals surface area contributed by atoms with Crippen molar-refractivity contribution in [1.29, 1.82) is 0 Å². The molecular weight excluding hydrogens is 414 g/mol. The number of carbonyl (C=O) groups excluding carboxylic acids is 1. The van der Waals surface area contributed by atoms with E-state index in [9.17, 15) is 4.79 Å². The van der Waals surface area contributed by atoms with E-state index in [-0.39, 0.29) is 6.61 Å². The second kappa shape index (κ2) is 9.05. The van der Waals surface area contributed by atoms with E-state index < -0.39 is 5.97 Å². The van der Waals surface area contributed by atoms with Gasteiger partial charge in [0.15, 0.2) is 0 Å². The van der Waals surface area contributed by atoms with E-state index in [0.717, 1.165) is 28.4 Å². The number of nitrogens with zero attached hydrogens (tertiary/aromatic N) is 5. The van der Waals surface area contributed by atoms with Crippen molar-refractivity contribution in [1.82, 2.24) is 25.0 Å². The third-order valence-electron chi connectivity index (χ3n) is 4.63. The normalized spacial score (nSPS) is 10.8. The standard InChI is InChI=1S/C22H21N5O3S/c1-4-16-11-15(9-10-23-16)21-24-14(2)20(31-21)22(28)30-13-17-12-27(26-25-17)18-7-5-6-8-19(18)29-3/h5-12H,4,13H2,1-3H3. The molecule has 0 spiro atoms. The van der Waals surface area contributed by atoms with E-state index in [1.165, 1.54) is 11.3 Å². The topological polar surface area (TPSA) is 92.0 Å². The van der Waals surface area contributed by atoms with Crippen molar-refractivity contribution in [3.8, 4) is 22.0 Å². The number of benzene rings is 1. The molecule has 4 rings (SSSR count). The molecule has 9 heteroatoms. The first-order valence-electron chi connectivity index (χ1n) is 9.73. The van der Waals surface area contributed by atoms with Crippen molar-refractivity contribution in [3.05, 3.63) is 70.8 Å². The Morgan fingerprint density at radius 2 is 2.03 bits per heavy atom. The summed E-state index contributed by atoms with van der Waals surface area (Å²) in [4.78, 5) is 22.0. The third-order valence-corrected chi connectivity index (χ3v) is 5.82.